The van der Waals surface area contributed by atoms with Gasteiger partial charge in [0.1, 0.15) is 11.5 Å². The Bertz CT molecular complexity index is 979. The van der Waals surface area contributed by atoms with Crippen molar-refractivity contribution in [2.45, 2.75) is 18.3 Å². The van der Waals surface area contributed by atoms with Crippen LogP contribution in [0.2, 0.25) is 0 Å². The number of amides is 1. The number of benzene rings is 2. The van der Waals surface area contributed by atoms with E-state index in [0.717, 1.165) is 16.9 Å². The van der Waals surface area contributed by atoms with Crippen molar-refractivity contribution in [3.8, 4) is 22.9 Å². The van der Waals surface area contributed by atoms with Gasteiger partial charge in [-0.3, -0.25) is 4.79 Å². The second-order valence-electron chi connectivity index (χ2n) is 6.18. The number of nitrogens with zero attached hydrogens (tertiary/aromatic N) is 3. The molecular formula is C20H20F2N4O3S. The average molecular weight is 434 g/mol. The van der Waals surface area contributed by atoms with Crippen molar-refractivity contribution in [2.24, 2.45) is 7.05 Å². The standard InChI is InChI=1S/C20H20F2N4O3S/c1-26-18(14-5-9-15(28-2)10-6-14)24-25-20(26)30-12-17(27)23-11-13-3-7-16(8-4-13)29-19(21)22/h3-10,19H,11-12H2,1-2H3,(H,23,27). The topological polar surface area (TPSA) is 78.3 Å². The summed E-state index contributed by atoms with van der Waals surface area (Å²) in [5.74, 6) is 1.50. The predicted molar refractivity (Wildman–Crippen MR) is 109 cm³/mol. The van der Waals surface area contributed by atoms with E-state index in [0.29, 0.717) is 11.0 Å². The lowest BCUT2D eigenvalue weighted by molar-refractivity contribution is -0.118. The van der Waals surface area contributed by atoms with E-state index in [1.807, 2.05) is 35.9 Å². The molecule has 0 spiro atoms. The quantitative estimate of drug-likeness (QED) is 0.520. The lowest BCUT2D eigenvalue weighted by atomic mass is 10.2. The van der Waals surface area contributed by atoms with Crippen LogP contribution in [-0.2, 0) is 18.4 Å². The van der Waals surface area contributed by atoms with Gasteiger partial charge < -0.3 is 19.4 Å². The summed E-state index contributed by atoms with van der Waals surface area (Å²) in [6, 6.07) is 13.6. The maximum atomic E-state index is 12.2. The summed E-state index contributed by atoms with van der Waals surface area (Å²) in [4.78, 5) is 12.1. The lowest BCUT2D eigenvalue weighted by Gasteiger charge is -2.08. The Morgan fingerprint density at radius 1 is 1.10 bits per heavy atom. The first-order chi connectivity index (χ1) is 14.5. The zero-order valence-electron chi connectivity index (χ0n) is 16.3. The van der Waals surface area contributed by atoms with Crippen molar-refractivity contribution in [3.63, 3.8) is 0 Å². The van der Waals surface area contributed by atoms with Crippen LogP contribution in [0.4, 0.5) is 8.78 Å². The van der Waals surface area contributed by atoms with Gasteiger partial charge in [-0.1, -0.05) is 23.9 Å². The molecule has 1 aromatic heterocycles. The van der Waals surface area contributed by atoms with Gasteiger partial charge in [0.2, 0.25) is 5.91 Å². The van der Waals surface area contributed by atoms with E-state index in [9.17, 15) is 13.6 Å². The Hall–Kier alpha value is -3.14. The molecule has 0 aliphatic heterocycles. The molecule has 0 fully saturated rings. The minimum absolute atomic E-state index is 0.0746. The fourth-order valence-corrected chi connectivity index (χ4v) is 3.34. The monoisotopic (exact) mass is 434 g/mol. The third-order valence-electron chi connectivity index (χ3n) is 4.15. The van der Waals surface area contributed by atoms with Crippen molar-refractivity contribution in [2.75, 3.05) is 12.9 Å². The van der Waals surface area contributed by atoms with Crippen LogP contribution < -0.4 is 14.8 Å². The smallest absolute Gasteiger partial charge is 0.387 e. The number of alkyl halides is 2. The molecule has 0 saturated carbocycles. The first-order valence-corrected chi connectivity index (χ1v) is 9.92. The van der Waals surface area contributed by atoms with Crippen LogP contribution >= 0.6 is 11.8 Å². The highest BCUT2D eigenvalue weighted by atomic mass is 32.2. The Morgan fingerprint density at radius 3 is 2.40 bits per heavy atom. The molecule has 0 bridgehead atoms. The number of methoxy groups -OCH3 is 1. The average Bonchev–Trinajstić information content (AvgIpc) is 3.11. The molecule has 1 amide bonds. The summed E-state index contributed by atoms with van der Waals surface area (Å²) in [5, 5.41) is 11.7. The van der Waals surface area contributed by atoms with Gasteiger partial charge in [-0.25, -0.2) is 0 Å². The number of hydrogen-bond acceptors (Lipinski definition) is 6. The second-order valence-corrected chi connectivity index (χ2v) is 7.12. The van der Waals surface area contributed by atoms with Crippen LogP contribution in [0, 0.1) is 0 Å². The van der Waals surface area contributed by atoms with Gasteiger partial charge in [0.25, 0.3) is 0 Å². The molecule has 3 rings (SSSR count). The molecule has 2 aromatic carbocycles. The number of halogens is 2. The van der Waals surface area contributed by atoms with Crippen molar-refractivity contribution >= 4 is 17.7 Å². The molecule has 1 N–H and O–H groups in total. The number of carbonyl (C=O) groups is 1. The van der Waals surface area contributed by atoms with E-state index in [2.05, 4.69) is 20.3 Å². The highest BCUT2D eigenvalue weighted by molar-refractivity contribution is 7.99. The fourth-order valence-electron chi connectivity index (χ4n) is 2.60. The molecule has 10 heteroatoms. The largest absolute Gasteiger partial charge is 0.497 e. The van der Waals surface area contributed by atoms with Gasteiger partial charge in [-0.15, -0.1) is 10.2 Å². The van der Waals surface area contributed by atoms with Gasteiger partial charge in [0.05, 0.1) is 12.9 Å². The van der Waals surface area contributed by atoms with Crippen LogP contribution in [0.3, 0.4) is 0 Å². The molecule has 0 atom stereocenters. The summed E-state index contributed by atoms with van der Waals surface area (Å²) in [5.41, 5.74) is 1.66. The zero-order valence-corrected chi connectivity index (χ0v) is 17.2. The summed E-state index contributed by atoms with van der Waals surface area (Å²) in [6.45, 7) is -2.58. The predicted octanol–water partition coefficient (Wildman–Crippen LogP) is 3.50. The fraction of sp³-hybridized carbons (Fsp3) is 0.250. The molecule has 0 saturated heterocycles. The molecule has 7 nitrogen and oxygen atoms in total. The molecule has 0 radical (unpaired) electrons. The molecule has 0 aliphatic carbocycles. The van der Waals surface area contributed by atoms with Gasteiger partial charge in [0, 0.05) is 19.2 Å². The highest BCUT2D eigenvalue weighted by Gasteiger charge is 2.13. The van der Waals surface area contributed by atoms with Crippen LogP contribution in [0.1, 0.15) is 5.56 Å². The lowest BCUT2D eigenvalue weighted by Crippen LogP contribution is -2.24. The molecule has 1 heterocycles. The maximum Gasteiger partial charge on any atom is 0.387 e. The van der Waals surface area contributed by atoms with E-state index in [1.54, 1.807) is 19.2 Å². The Labute approximate surface area is 176 Å². The van der Waals surface area contributed by atoms with Gasteiger partial charge in [0.15, 0.2) is 11.0 Å². The van der Waals surface area contributed by atoms with Crippen LogP contribution in [0.15, 0.2) is 53.7 Å². The number of ether oxygens (including phenoxy) is 2. The number of rotatable bonds is 9. The van der Waals surface area contributed by atoms with Gasteiger partial charge >= 0.3 is 6.61 Å². The maximum absolute atomic E-state index is 12.2. The summed E-state index contributed by atoms with van der Waals surface area (Å²) in [6.07, 6.45) is 0. The minimum Gasteiger partial charge on any atom is -0.497 e. The number of carbonyl (C=O) groups excluding carboxylic acids is 1. The molecule has 30 heavy (non-hydrogen) atoms. The SMILES string of the molecule is COc1ccc(-c2nnc(SCC(=O)NCc3ccc(OC(F)F)cc3)n2C)cc1. The number of nitrogens with one attached hydrogen (secondary N) is 1. The van der Waals surface area contributed by atoms with Crippen molar-refractivity contribution in [1.29, 1.82) is 0 Å². The van der Waals surface area contributed by atoms with Gasteiger partial charge in [-0.2, -0.15) is 8.78 Å². The minimum atomic E-state index is -2.86. The van der Waals surface area contributed by atoms with Crippen LogP contribution in [0.25, 0.3) is 11.4 Å². The van der Waals surface area contributed by atoms with Crippen molar-refractivity contribution in [3.05, 3.63) is 54.1 Å². The van der Waals surface area contributed by atoms with Crippen LogP contribution in [0.5, 0.6) is 11.5 Å². The molecule has 0 unspecified atom stereocenters. The first kappa shape index (κ1) is 21.6. The Balaban J connectivity index is 1.50. The van der Waals surface area contributed by atoms with E-state index >= 15 is 0 Å². The van der Waals surface area contributed by atoms with Crippen LogP contribution in [-0.4, -0.2) is 40.1 Å². The molecular weight excluding hydrogens is 414 g/mol. The van der Waals surface area contributed by atoms with E-state index < -0.39 is 6.61 Å². The third kappa shape index (κ3) is 5.69. The second kappa shape index (κ2) is 10.1. The molecule has 3 aromatic rings. The Morgan fingerprint density at radius 2 is 1.77 bits per heavy atom. The molecule has 0 aliphatic rings. The first-order valence-electron chi connectivity index (χ1n) is 8.93. The summed E-state index contributed by atoms with van der Waals surface area (Å²) >= 11 is 1.27. The normalized spacial score (nSPS) is 10.8. The third-order valence-corrected chi connectivity index (χ3v) is 5.17. The number of aromatic nitrogens is 3. The van der Waals surface area contributed by atoms with E-state index in [-0.39, 0.29) is 24.0 Å². The van der Waals surface area contributed by atoms with E-state index in [1.165, 1.54) is 23.9 Å². The zero-order chi connectivity index (χ0) is 21.5. The molecule has 158 valence electrons. The van der Waals surface area contributed by atoms with E-state index in [4.69, 9.17) is 4.74 Å². The Kier molecular flexibility index (Phi) is 7.23. The highest BCUT2D eigenvalue weighted by Crippen LogP contribution is 2.24. The van der Waals surface area contributed by atoms with Crippen molar-refractivity contribution in [1.82, 2.24) is 20.1 Å². The number of thioether (sulfide) groups is 1. The number of hydrogen-bond donors (Lipinski definition) is 1. The van der Waals surface area contributed by atoms with Gasteiger partial charge in [-0.05, 0) is 42.0 Å². The van der Waals surface area contributed by atoms with Crippen molar-refractivity contribution < 1.29 is 23.0 Å². The summed E-state index contributed by atoms with van der Waals surface area (Å²) in [7, 11) is 3.44. The summed E-state index contributed by atoms with van der Waals surface area (Å²) < 4.78 is 35.6.